The van der Waals surface area contributed by atoms with Crippen molar-refractivity contribution in [2.45, 2.75) is 12.7 Å². The normalized spacial score (nSPS) is 12.5. The van der Waals surface area contributed by atoms with Gasteiger partial charge in [-0.05, 0) is 35.9 Å². The van der Waals surface area contributed by atoms with Gasteiger partial charge in [-0.25, -0.2) is 4.39 Å². The molecule has 2 aromatic carbocycles. The second-order valence-electron chi connectivity index (χ2n) is 4.02. The van der Waals surface area contributed by atoms with Gasteiger partial charge in [0.15, 0.2) is 0 Å². The van der Waals surface area contributed by atoms with Crippen LogP contribution < -0.4 is 4.74 Å². The number of ether oxygens (including phenoxy) is 1. The van der Waals surface area contributed by atoms with E-state index in [1.807, 2.05) is 0 Å². The summed E-state index contributed by atoms with van der Waals surface area (Å²) in [4.78, 5) is 0. The lowest BCUT2D eigenvalue weighted by Gasteiger charge is -2.14. The van der Waals surface area contributed by atoms with Crippen molar-refractivity contribution < 1.29 is 23.0 Å². The number of alkyl halides is 2. The van der Waals surface area contributed by atoms with Crippen molar-refractivity contribution in [2.24, 2.45) is 0 Å². The Morgan fingerprint density at radius 3 is 2.55 bits per heavy atom. The highest BCUT2D eigenvalue weighted by Crippen LogP contribution is 2.30. The minimum atomic E-state index is -2.96. The molecule has 1 atom stereocenters. The molecule has 0 saturated carbocycles. The summed E-state index contributed by atoms with van der Waals surface area (Å²) in [5.41, 5.74) is 0.427. The SMILES string of the molecule is OC(c1cccc(OC(F)F)c1)c1cc(F)ccc1Cl. The van der Waals surface area contributed by atoms with Crippen LogP contribution in [0.5, 0.6) is 5.75 Å². The summed E-state index contributed by atoms with van der Waals surface area (Å²) < 4.78 is 41.7. The first-order chi connectivity index (χ1) is 9.47. The maximum atomic E-state index is 13.2. The zero-order valence-electron chi connectivity index (χ0n) is 10.1. The average Bonchev–Trinajstić information content (AvgIpc) is 2.40. The summed E-state index contributed by atoms with van der Waals surface area (Å²) in [5, 5.41) is 10.3. The summed E-state index contributed by atoms with van der Waals surface area (Å²) in [6.45, 7) is -2.96. The molecule has 0 aliphatic rings. The standard InChI is InChI=1S/C14H10ClF3O2/c15-12-5-4-9(16)7-11(12)13(19)8-2-1-3-10(6-8)20-14(17)18/h1-7,13-14,19H. The number of hydrogen-bond acceptors (Lipinski definition) is 2. The minimum Gasteiger partial charge on any atom is -0.435 e. The van der Waals surface area contributed by atoms with Crippen LogP contribution in [0.25, 0.3) is 0 Å². The third-order valence-electron chi connectivity index (χ3n) is 2.65. The van der Waals surface area contributed by atoms with Gasteiger partial charge < -0.3 is 9.84 Å². The van der Waals surface area contributed by atoms with E-state index in [2.05, 4.69) is 4.74 Å². The van der Waals surface area contributed by atoms with Crippen molar-refractivity contribution in [2.75, 3.05) is 0 Å². The van der Waals surface area contributed by atoms with Crippen LogP contribution in [0.2, 0.25) is 5.02 Å². The number of benzene rings is 2. The monoisotopic (exact) mass is 302 g/mol. The average molecular weight is 303 g/mol. The van der Waals surface area contributed by atoms with E-state index < -0.39 is 18.5 Å². The molecule has 0 saturated heterocycles. The van der Waals surface area contributed by atoms with Gasteiger partial charge in [0, 0.05) is 10.6 Å². The Kier molecular flexibility index (Phi) is 4.52. The van der Waals surface area contributed by atoms with Crippen LogP contribution in [0.3, 0.4) is 0 Å². The molecule has 1 N–H and O–H groups in total. The van der Waals surface area contributed by atoms with Gasteiger partial charge in [0.2, 0.25) is 0 Å². The summed E-state index contributed by atoms with van der Waals surface area (Å²) in [5.74, 6) is -0.646. The molecule has 0 amide bonds. The molecule has 0 spiro atoms. The molecule has 0 fully saturated rings. The van der Waals surface area contributed by atoms with Gasteiger partial charge >= 0.3 is 6.61 Å². The molecular weight excluding hydrogens is 293 g/mol. The first-order valence-corrected chi connectivity index (χ1v) is 6.03. The van der Waals surface area contributed by atoms with Gasteiger partial charge in [0.1, 0.15) is 17.7 Å². The van der Waals surface area contributed by atoms with Crippen LogP contribution >= 0.6 is 11.6 Å². The van der Waals surface area contributed by atoms with Gasteiger partial charge in [0.25, 0.3) is 0 Å². The highest BCUT2D eigenvalue weighted by atomic mass is 35.5. The van der Waals surface area contributed by atoms with Crippen LogP contribution in [0.1, 0.15) is 17.2 Å². The van der Waals surface area contributed by atoms with E-state index in [9.17, 15) is 18.3 Å². The fourth-order valence-corrected chi connectivity index (χ4v) is 1.99. The van der Waals surface area contributed by atoms with Crippen molar-refractivity contribution in [3.05, 3.63) is 64.4 Å². The molecule has 0 aliphatic heterocycles. The number of aliphatic hydroxyl groups is 1. The molecule has 20 heavy (non-hydrogen) atoms. The van der Waals surface area contributed by atoms with E-state index in [-0.39, 0.29) is 21.9 Å². The van der Waals surface area contributed by atoms with Gasteiger partial charge in [-0.2, -0.15) is 8.78 Å². The maximum Gasteiger partial charge on any atom is 0.387 e. The maximum absolute atomic E-state index is 13.2. The second-order valence-corrected chi connectivity index (χ2v) is 4.43. The Morgan fingerprint density at radius 2 is 1.85 bits per heavy atom. The topological polar surface area (TPSA) is 29.5 Å². The largest absolute Gasteiger partial charge is 0.435 e. The Labute approximate surface area is 118 Å². The summed E-state index contributed by atoms with van der Waals surface area (Å²) in [6.07, 6.45) is -1.24. The predicted molar refractivity (Wildman–Crippen MR) is 68.5 cm³/mol. The van der Waals surface area contributed by atoms with E-state index in [0.29, 0.717) is 0 Å². The molecule has 0 aromatic heterocycles. The quantitative estimate of drug-likeness (QED) is 0.919. The molecule has 2 rings (SSSR count). The first-order valence-electron chi connectivity index (χ1n) is 5.65. The van der Waals surface area contributed by atoms with Crippen LogP contribution in [0.4, 0.5) is 13.2 Å². The van der Waals surface area contributed by atoms with E-state index in [4.69, 9.17) is 11.6 Å². The van der Waals surface area contributed by atoms with Crippen molar-refractivity contribution in [3.63, 3.8) is 0 Å². The van der Waals surface area contributed by atoms with Crippen LogP contribution in [-0.2, 0) is 0 Å². The number of hydrogen-bond donors (Lipinski definition) is 1. The highest BCUT2D eigenvalue weighted by Gasteiger charge is 2.16. The molecule has 2 nitrogen and oxygen atoms in total. The molecule has 0 bridgehead atoms. The molecule has 0 aliphatic carbocycles. The smallest absolute Gasteiger partial charge is 0.387 e. The van der Waals surface area contributed by atoms with Gasteiger partial charge in [0.05, 0.1) is 0 Å². The predicted octanol–water partition coefficient (Wildman–Crippen LogP) is 4.16. The zero-order valence-corrected chi connectivity index (χ0v) is 10.8. The van der Waals surface area contributed by atoms with Gasteiger partial charge in [-0.15, -0.1) is 0 Å². The Balaban J connectivity index is 2.33. The Morgan fingerprint density at radius 1 is 1.10 bits per heavy atom. The fraction of sp³-hybridized carbons (Fsp3) is 0.143. The molecule has 0 heterocycles. The fourth-order valence-electron chi connectivity index (χ4n) is 1.76. The van der Waals surface area contributed by atoms with Crippen molar-refractivity contribution >= 4 is 11.6 Å². The third kappa shape index (κ3) is 3.43. The summed E-state index contributed by atoms with van der Waals surface area (Å²) in [7, 11) is 0. The summed E-state index contributed by atoms with van der Waals surface area (Å²) >= 11 is 5.89. The molecule has 106 valence electrons. The van der Waals surface area contributed by atoms with Gasteiger partial charge in [-0.3, -0.25) is 0 Å². The first kappa shape index (κ1) is 14.7. The van der Waals surface area contributed by atoms with Crippen LogP contribution in [0.15, 0.2) is 42.5 Å². The van der Waals surface area contributed by atoms with Gasteiger partial charge in [-0.1, -0.05) is 23.7 Å². The lowest BCUT2D eigenvalue weighted by atomic mass is 10.0. The van der Waals surface area contributed by atoms with E-state index in [0.717, 1.165) is 12.1 Å². The van der Waals surface area contributed by atoms with E-state index in [1.165, 1.54) is 30.3 Å². The molecule has 6 heteroatoms. The van der Waals surface area contributed by atoms with E-state index >= 15 is 0 Å². The molecule has 0 radical (unpaired) electrons. The Hall–Kier alpha value is -1.72. The second kappa shape index (κ2) is 6.15. The third-order valence-corrected chi connectivity index (χ3v) is 3.00. The van der Waals surface area contributed by atoms with Crippen molar-refractivity contribution in [3.8, 4) is 5.75 Å². The Bertz CT molecular complexity index is 605. The summed E-state index contributed by atoms with van der Waals surface area (Å²) in [6, 6.07) is 9.10. The highest BCUT2D eigenvalue weighted by molar-refractivity contribution is 6.31. The van der Waals surface area contributed by atoms with Crippen LogP contribution in [-0.4, -0.2) is 11.7 Å². The minimum absolute atomic E-state index is 0.0934. The zero-order chi connectivity index (χ0) is 14.7. The number of halogens is 4. The van der Waals surface area contributed by atoms with Crippen molar-refractivity contribution in [1.82, 2.24) is 0 Å². The van der Waals surface area contributed by atoms with Crippen molar-refractivity contribution in [1.29, 1.82) is 0 Å². The molecule has 2 aromatic rings. The number of rotatable bonds is 4. The van der Waals surface area contributed by atoms with Crippen LogP contribution in [0, 0.1) is 5.82 Å². The molecule has 1 unspecified atom stereocenters. The number of aliphatic hydroxyl groups excluding tert-OH is 1. The lowest BCUT2D eigenvalue weighted by molar-refractivity contribution is -0.0499. The molecular formula is C14H10ClF3O2. The lowest BCUT2D eigenvalue weighted by Crippen LogP contribution is -2.04. The van der Waals surface area contributed by atoms with E-state index in [1.54, 1.807) is 0 Å².